The number of nitrogens with one attached hydrogen (secondary N) is 1. The number of aryl methyl sites for hydroxylation is 1. The van der Waals surface area contributed by atoms with E-state index in [1.54, 1.807) is 38.5 Å². The molecule has 2 aliphatic heterocycles. The zero-order valence-electron chi connectivity index (χ0n) is 25.5. The fourth-order valence-corrected chi connectivity index (χ4v) is 6.45. The Morgan fingerprint density at radius 2 is 1.76 bits per heavy atom. The van der Waals surface area contributed by atoms with Gasteiger partial charge >= 0.3 is 0 Å². The first kappa shape index (κ1) is 31.5. The molecule has 3 heterocycles. The minimum Gasteiger partial charge on any atom is -0.506 e. The quantitative estimate of drug-likeness (QED) is 0.259. The van der Waals surface area contributed by atoms with Crippen LogP contribution in [0, 0.1) is 6.92 Å². The highest BCUT2D eigenvalue weighted by atomic mass is 32.2. The molecule has 1 aromatic heterocycles. The number of anilines is 3. The number of aromatic nitrogens is 2. The first-order valence-electron chi connectivity index (χ1n) is 14.4. The van der Waals surface area contributed by atoms with E-state index in [9.17, 15) is 13.5 Å². The van der Waals surface area contributed by atoms with Gasteiger partial charge in [-0.2, -0.15) is 4.31 Å². The Labute approximate surface area is 250 Å². The van der Waals surface area contributed by atoms with Gasteiger partial charge in [-0.25, -0.2) is 18.4 Å². The molecule has 1 fully saturated rings. The summed E-state index contributed by atoms with van der Waals surface area (Å²) in [6.45, 7) is 11.8. The topological polar surface area (TPSA) is 108 Å². The molecule has 0 amide bonds. The number of hydrogen-bond acceptors (Lipinski definition) is 8. The second-order valence-corrected chi connectivity index (χ2v) is 13.4. The van der Waals surface area contributed by atoms with E-state index in [0.717, 1.165) is 53.9 Å². The number of aliphatic hydroxyl groups excluding tert-OH is 1. The number of aliphatic hydroxyl groups is 1. The van der Waals surface area contributed by atoms with Crippen molar-refractivity contribution >= 4 is 33.1 Å². The van der Waals surface area contributed by atoms with Gasteiger partial charge in [-0.05, 0) is 101 Å². The Morgan fingerprint density at radius 3 is 2.38 bits per heavy atom. The molecular weight excluding hydrogens is 550 g/mol. The molecule has 0 radical (unpaired) electrons. The number of ether oxygens (including phenoxy) is 1. The summed E-state index contributed by atoms with van der Waals surface area (Å²) in [6.07, 6.45) is 9.72. The number of benzene rings is 1. The van der Waals surface area contributed by atoms with E-state index in [2.05, 4.69) is 32.3 Å². The van der Waals surface area contributed by atoms with Crippen LogP contribution in [0.3, 0.4) is 0 Å². The number of piperidine rings is 1. The van der Waals surface area contributed by atoms with Gasteiger partial charge in [0.2, 0.25) is 16.0 Å². The minimum absolute atomic E-state index is 0.0260. The molecule has 2 N–H and O–H groups in total. The van der Waals surface area contributed by atoms with Crippen LogP contribution in [0.5, 0.6) is 0 Å². The van der Waals surface area contributed by atoms with Crippen molar-refractivity contribution < 1.29 is 18.3 Å². The van der Waals surface area contributed by atoms with Crippen LogP contribution in [0.2, 0.25) is 0 Å². The van der Waals surface area contributed by atoms with Crippen molar-refractivity contribution in [2.75, 3.05) is 43.5 Å². The van der Waals surface area contributed by atoms with Crippen molar-refractivity contribution in [1.82, 2.24) is 14.3 Å². The van der Waals surface area contributed by atoms with E-state index in [4.69, 9.17) is 4.74 Å². The van der Waals surface area contributed by atoms with E-state index in [1.165, 1.54) is 9.99 Å². The maximum atomic E-state index is 13.1. The summed E-state index contributed by atoms with van der Waals surface area (Å²) in [6, 6.07) is 8.18. The average Bonchev–Trinajstić information content (AvgIpc) is 2.98. The number of methoxy groups -OCH3 is 1. The predicted molar refractivity (Wildman–Crippen MR) is 170 cm³/mol. The van der Waals surface area contributed by atoms with Gasteiger partial charge in [-0.1, -0.05) is 17.2 Å². The molecule has 0 bridgehead atoms. The minimum atomic E-state index is -3.55. The molecule has 4 rings (SSSR count). The summed E-state index contributed by atoms with van der Waals surface area (Å²) >= 11 is 0. The molecule has 0 spiro atoms. The van der Waals surface area contributed by atoms with E-state index < -0.39 is 10.0 Å². The summed E-state index contributed by atoms with van der Waals surface area (Å²) < 4.78 is 33.1. The molecule has 0 atom stereocenters. The van der Waals surface area contributed by atoms with Crippen LogP contribution in [0.15, 0.2) is 70.3 Å². The Balaban J connectivity index is 1.45. The molecule has 1 aromatic carbocycles. The van der Waals surface area contributed by atoms with Crippen molar-refractivity contribution in [3.05, 3.63) is 81.6 Å². The smallest absolute Gasteiger partial charge is 0.239 e. The van der Waals surface area contributed by atoms with Crippen molar-refractivity contribution in [2.45, 2.75) is 60.0 Å². The largest absolute Gasteiger partial charge is 0.506 e. The predicted octanol–water partition coefficient (Wildman–Crippen LogP) is 6.26. The van der Waals surface area contributed by atoms with Gasteiger partial charge in [0, 0.05) is 50.9 Å². The zero-order valence-corrected chi connectivity index (χ0v) is 26.3. The molecule has 10 heteroatoms. The molecule has 0 unspecified atom stereocenters. The van der Waals surface area contributed by atoms with Crippen LogP contribution >= 0.6 is 0 Å². The van der Waals surface area contributed by atoms with E-state index in [-0.39, 0.29) is 12.3 Å². The number of hydrogen-bond donors (Lipinski definition) is 2. The Hall–Kier alpha value is -3.47. The fraction of sp³-hybridized carbons (Fsp3) is 0.438. The van der Waals surface area contributed by atoms with Crippen molar-refractivity contribution in [3.8, 4) is 0 Å². The fourth-order valence-electron chi connectivity index (χ4n) is 5.11. The summed E-state index contributed by atoms with van der Waals surface area (Å²) in [4.78, 5) is 11.7. The molecule has 0 aliphatic carbocycles. The second-order valence-electron chi connectivity index (χ2n) is 11.3. The maximum absolute atomic E-state index is 13.1. The standard InChI is InChI=1S/C32H43N5O4S/c1-22(2)7-8-25(5)42(39,40)37-18-13-26(24(4)21-37)19-30(38)31-23(3)20-33-32(35-31)34-27-9-11-28(12-10-27)36-16-14-29(41-6)15-17-36/h7-12,19-20,29,38H,13-18,21H2,1-6H3,(H,33,34,35)/b25-8+,30-19-. The van der Waals surface area contributed by atoms with Gasteiger partial charge in [-0.3, -0.25) is 0 Å². The van der Waals surface area contributed by atoms with E-state index in [0.29, 0.717) is 35.6 Å². The third-order valence-corrected chi connectivity index (χ3v) is 9.72. The lowest BCUT2D eigenvalue weighted by Gasteiger charge is -2.33. The monoisotopic (exact) mass is 593 g/mol. The molecular formula is C32H43N5O4S. The van der Waals surface area contributed by atoms with Gasteiger partial charge in [0.15, 0.2) is 0 Å². The third kappa shape index (κ3) is 7.67. The Bertz CT molecular complexity index is 1500. The highest BCUT2D eigenvalue weighted by Crippen LogP contribution is 2.28. The van der Waals surface area contributed by atoms with Crippen molar-refractivity contribution in [3.63, 3.8) is 0 Å². The van der Waals surface area contributed by atoms with Crippen LogP contribution in [0.4, 0.5) is 17.3 Å². The molecule has 42 heavy (non-hydrogen) atoms. The van der Waals surface area contributed by atoms with Crippen LogP contribution in [0.25, 0.3) is 5.76 Å². The Kier molecular flexibility index (Phi) is 10.2. The molecule has 0 saturated carbocycles. The molecule has 2 aromatic rings. The van der Waals surface area contributed by atoms with Crippen LogP contribution in [-0.2, 0) is 14.8 Å². The van der Waals surface area contributed by atoms with Gasteiger partial charge < -0.3 is 20.1 Å². The normalized spacial score (nSPS) is 17.9. The highest BCUT2D eigenvalue weighted by molar-refractivity contribution is 7.93. The molecule has 9 nitrogen and oxygen atoms in total. The first-order chi connectivity index (χ1) is 20.0. The summed E-state index contributed by atoms with van der Waals surface area (Å²) in [5, 5.41) is 14.3. The number of sulfonamides is 1. The van der Waals surface area contributed by atoms with Gasteiger partial charge in [0.25, 0.3) is 0 Å². The van der Waals surface area contributed by atoms with Crippen LogP contribution in [0.1, 0.15) is 58.2 Å². The lowest BCUT2D eigenvalue weighted by molar-refractivity contribution is 0.0819. The van der Waals surface area contributed by atoms with E-state index >= 15 is 0 Å². The van der Waals surface area contributed by atoms with Crippen LogP contribution in [-0.4, -0.2) is 67.2 Å². The average molecular weight is 594 g/mol. The SMILES string of the molecule is COC1CCN(c2ccc(Nc3ncc(C)c(/C(O)=C/C4=C(C)CN(S(=O)(=O)/C(C)=C/C=C(C)C)CC4)n3)cc2)CC1. The van der Waals surface area contributed by atoms with Crippen LogP contribution < -0.4 is 10.2 Å². The molecule has 226 valence electrons. The van der Waals surface area contributed by atoms with Crippen molar-refractivity contribution in [2.24, 2.45) is 0 Å². The first-order valence-corrected chi connectivity index (χ1v) is 15.8. The highest BCUT2D eigenvalue weighted by Gasteiger charge is 2.28. The lowest BCUT2D eigenvalue weighted by atomic mass is 10.0. The third-order valence-electron chi connectivity index (χ3n) is 7.78. The lowest BCUT2D eigenvalue weighted by Crippen LogP contribution is -2.36. The number of rotatable bonds is 9. The number of nitrogens with zero attached hydrogens (tertiary/aromatic N) is 4. The summed E-state index contributed by atoms with van der Waals surface area (Å²) in [5.74, 6) is 0.410. The molecule has 1 saturated heterocycles. The second kappa shape index (κ2) is 13.7. The summed E-state index contributed by atoms with van der Waals surface area (Å²) in [7, 11) is -1.78. The Morgan fingerprint density at radius 1 is 1.07 bits per heavy atom. The van der Waals surface area contributed by atoms with Gasteiger partial charge in [0.1, 0.15) is 11.5 Å². The molecule has 2 aliphatic rings. The maximum Gasteiger partial charge on any atom is 0.239 e. The van der Waals surface area contributed by atoms with Crippen molar-refractivity contribution in [1.29, 1.82) is 0 Å². The zero-order chi connectivity index (χ0) is 30.4. The van der Waals surface area contributed by atoms with Gasteiger partial charge in [0.05, 0.1) is 11.0 Å². The summed E-state index contributed by atoms with van der Waals surface area (Å²) in [5.41, 5.74) is 6.02. The van der Waals surface area contributed by atoms with Gasteiger partial charge in [-0.15, -0.1) is 0 Å². The van der Waals surface area contributed by atoms with E-state index in [1.807, 2.05) is 39.8 Å². The number of allylic oxidation sites excluding steroid dienone is 5.